The highest BCUT2D eigenvalue weighted by molar-refractivity contribution is 7.87. The van der Waals surface area contributed by atoms with E-state index in [1.165, 1.54) is 14.1 Å². The molecule has 0 rings (SSSR count). The Morgan fingerprint density at radius 1 is 1.43 bits per heavy atom. The first-order valence-corrected chi connectivity index (χ1v) is 6.02. The van der Waals surface area contributed by atoms with Crippen LogP contribution in [0.1, 0.15) is 13.8 Å². The van der Waals surface area contributed by atoms with Gasteiger partial charge in [-0.2, -0.15) is 17.4 Å². The Kier molecular flexibility index (Phi) is 4.93. The summed E-state index contributed by atoms with van der Waals surface area (Å²) >= 11 is 4.78. The lowest BCUT2D eigenvalue weighted by molar-refractivity contribution is 0.477. The molecule has 14 heavy (non-hydrogen) atoms. The van der Waals surface area contributed by atoms with E-state index in [0.29, 0.717) is 0 Å². The molecule has 3 N–H and O–H groups in total. The first kappa shape index (κ1) is 13.8. The third-order valence-electron chi connectivity index (χ3n) is 1.73. The van der Waals surface area contributed by atoms with Crippen molar-refractivity contribution in [3.05, 3.63) is 0 Å². The average Bonchev–Trinajstić information content (AvgIpc) is 1.98. The van der Waals surface area contributed by atoms with Crippen LogP contribution in [-0.4, -0.2) is 37.8 Å². The summed E-state index contributed by atoms with van der Waals surface area (Å²) in [5.74, 6) is 0.0298. The topological polar surface area (TPSA) is 75.4 Å². The molecule has 84 valence electrons. The Morgan fingerprint density at radius 3 is 2.07 bits per heavy atom. The Bertz CT molecular complexity index is 298. The second kappa shape index (κ2) is 5.01. The predicted molar refractivity (Wildman–Crippen MR) is 61.2 cm³/mol. The smallest absolute Gasteiger partial charge is 0.279 e. The van der Waals surface area contributed by atoms with Crippen LogP contribution in [-0.2, 0) is 10.2 Å². The molecular weight excluding hydrogens is 222 g/mol. The predicted octanol–water partition coefficient (Wildman–Crippen LogP) is -0.307. The lowest BCUT2D eigenvalue weighted by atomic mass is 10.1. The second-order valence-electron chi connectivity index (χ2n) is 3.53. The van der Waals surface area contributed by atoms with Crippen LogP contribution in [0.5, 0.6) is 0 Å². The summed E-state index contributed by atoms with van der Waals surface area (Å²) in [7, 11) is -0.584. The van der Waals surface area contributed by atoms with Crippen molar-refractivity contribution in [3.8, 4) is 0 Å². The van der Waals surface area contributed by atoms with Crippen LogP contribution in [0.25, 0.3) is 0 Å². The number of hydrogen-bond acceptors (Lipinski definition) is 3. The molecule has 0 bridgehead atoms. The number of nitrogens with two attached hydrogens (primary N) is 1. The molecule has 0 aliphatic carbocycles. The van der Waals surface area contributed by atoms with E-state index in [-0.39, 0.29) is 10.9 Å². The van der Waals surface area contributed by atoms with Crippen molar-refractivity contribution in [1.82, 2.24) is 9.03 Å². The lowest BCUT2D eigenvalue weighted by Crippen LogP contribution is -2.50. The van der Waals surface area contributed by atoms with Gasteiger partial charge in [0.15, 0.2) is 0 Å². The molecule has 1 unspecified atom stereocenters. The molecule has 0 saturated carbocycles. The van der Waals surface area contributed by atoms with Gasteiger partial charge in [0.1, 0.15) is 0 Å². The Hall–Kier alpha value is -0.240. The minimum Gasteiger partial charge on any atom is -0.392 e. The van der Waals surface area contributed by atoms with Gasteiger partial charge in [-0.3, -0.25) is 0 Å². The fourth-order valence-electron chi connectivity index (χ4n) is 0.789. The third-order valence-corrected chi connectivity index (χ3v) is 3.50. The van der Waals surface area contributed by atoms with Crippen LogP contribution in [0.3, 0.4) is 0 Å². The van der Waals surface area contributed by atoms with E-state index < -0.39 is 16.3 Å². The maximum absolute atomic E-state index is 11.4. The van der Waals surface area contributed by atoms with Crippen molar-refractivity contribution in [2.24, 2.45) is 11.7 Å². The Morgan fingerprint density at radius 2 is 1.86 bits per heavy atom. The Balaban J connectivity index is 4.71. The zero-order chi connectivity index (χ0) is 11.5. The van der Waals surface area contributed by atoms with E-state index in [2.05, 4.69) is 4.72 Å². The number of nitrogens with one attached hydrogen (secondary N) is 1. The van der Waals surface area contributed by atoms with E-state index in [4.69, 9.17) is 18.0 Å². The summed E-state index contributed by atoms with van der Waals surface area (Å²) in [5, 5.41) is 0. The molecule has 0 aliphatic rings. The first-order valence-electron chi connectivity index (χ1n) is 4.17. The van der Waals surface area contributed by atoms with Gasteiger partial charge in [-0.1, -0.05) is 26.1 Å². The minimum absolute atomic E-state index is 0.0298. The van der Waals surface area contributed by atoms with Gasteiger partial charge < -0.3 is 5.73 Å². The highest BCUT2D eigenvalue weighted by Crippen LogP contribution is 2.04. The van der Waals surface area contributed by atoms with Gasteiger partial charge in [0.25, 0.3) is 10.2 Å². The zero-order valence-electron chi connectivity index (χ0n) is 8.81. The molecule has 0 aromatic carbocycles. The standard InChI is InChI=1S/C7H17N3O2S2/c1-5(2)6(7(8)13)9-14(11,12)10(3)4/h5-6,9H,1-4H3,(H2,8,13). The van der Waals surface area contributed by atoms with Crippen molar-refractivity contribution in [3.63, 3.8) is 0 Å². The number of rotatable bonds is 5. The minimum atomic E-state index is -3.47. The summed E-state index contributed by atoms with van der Waals surface area (Å²) < 4.78 is 26.4. The number of hydrogen-bond donors (Lipinski definition) is 2. The molecule has 0 fully saturated rings. The van der Waals surface area contributed by atoms with E-state index in [0.717, 1.165) is 4.31 Å². The largest absolute Gasteiger partial charge is 0.392 e. The Labute approximate surface area is 90.8 Å². The molecule has 5 nitrogen and oxygen atoms in total. The molecule has 0 saturated heterocycles. The van der Waals surface area contributed by atoms with Crippen LogP contribution in [0.4, 0.5) is 0 Å². The molecule has 0 spiro atoms. The molecule has 1 atom stereocenters. The van der Waals surface area contributed by atoms with Gasteiger partial charge in [0.05, 0.1) is 11.0 Å². The molecule has 0 aromatic heterocycles. The maximum Gasteiger partial charge on any atom is 0.279 e. The number of thiocarbonyl (C=S) groups is 1. The molecule has 0 aromatic rings. The molecule has 0 radical (unpaired) electrons. The number of nitrogens with zero attached hydrogens (tertiary/aromatic N) is 1. The van der Waals surface area contributed by atoms with E-state index in [1.54, 1.807) is 0 Å². The van der Waals surface area contributed by atoms with E-state index in [1.807, 2.05) is 13.8 Å². The van der Waals surface area contributed by atoms with Crippen molar-refractivity contribution in [2.75, 3.05) is 14.1 Å². The van der Waals surface area contributed by atoms with Gasteiger partial charge in [-0.05, 0) is 5.92 Å². The molecule has 0 heterocycles. The van der Waals surface area contributed by atoms with E-state index in [9.17, 15) is 8.42 Å². The van der Waals surface area contributed by atoms with Gasteiger partial charge >= 0.3 is 0 Å². The van der Waals surface area contributed by atoms with Gasteiger partial charge in [0, 0.05) is 14.1 Å². The van der Waals surface area contributed by atoms with Crippen LogP contribution in [0, 0.1) is 5.92 Å². The van der Waals surface area contributed by atoms with Crippen molar-refractivity contribution >= 4 is 27.4 Å². The molecular formula is C7H17N3O2S2. The second-order valence-corrected chi connectivity index (χ2v) is 5.92. The molecule has 7 heteroatoms. The highest BCUT2D eigenvalue weighted by Gasteiger charge is 2.24. The van der Waals surface area contributed by atoms with Gasteiger partial charge in [0.2, 0.25) is 0 Å². The first-order chi connectivity index (χ1) is 6.18. The maximum atomic E-state index is 11.4. The molecule has 0 aliphatic heterocycles. The summed E-state index contributed by atoms with van der Waals surface area (Å²) in [6.45, 7) is 3.70. The van der Waals surface area contributed by atoms with Crippen molar-refractivity contribution in [1.29, 1.82) is 0 Å². The summed E-state index contributed by atoms with van der Waals surface area (Å²) in [6, 6.07) is -0.502. The quantitative estimate of drug-likeness (QED) is 0.646. The SMILES string of the molecule is CC(C)C(NS(=O)(=O)N(C)C)C(N)=S. The fourth-order valence-corrected chi connectivity index (χ4v) is 2.13. The summed E-state index contributed by atoms with van der Waals surface area (Å²) in [6.07, 6.45) is 0. The van der Waals surface area contributed by atoms with Crippen LogP contribution >= 0.6 is 12.2 Å². The monoisotopic (exact) mass is 239 g/mol. The third kappa shape index (κ3) is 3.87. The molecule has 0 amide bonds. The normalized spacial score (nSPS) is 14.7. The van der Waals surface area contributed by atoms with Crippen molar-refractivity contribution in [2.45, 2.75) is 19.9 Å². The zero-order valence-corrected chi connectivity index (χ0v) is 10.4. The fraction of sp³-hybridized carbons (Fsp3) is 0.857. The van der Waals surface area contributed by atoms with Crippen LogP contribution < -0.4 is 10.5 Å². The average molecular weight is 239 g/mol. The van der Waals surface area contributed by atoms with E-state index >= 15 is 0 Å². The van der Waals surface area contributed by atoms with Gasteiger partial charge in [-0.25, -0.2) is 0 Å². The lowest BCUT2D eigenvalue weighted by Gasteiger charge is -2.22. The van der Waals surface area contributed by atoms with Gasteiger partial charge in [-0.15, -0.1) is 0 Å². The van der Waals surface area contributed by atoms with Crippen LogP contribution in [0.2, 0.25) is 0 Å². The highest BCUT2D eigenvalue weighted by atomic mass is 32.2. The summed E-state index contributed by atoms with van der Waals surface area (Å²) in [5.41, 5.74) is 5.43. The summed E-state index contributed by atoms with van der Waals surface area (Å²) in [4.78, 5) is 0.158. The van der Waals surface area contributed by atoms with Crippen LogP contribution in [0.15, 0.2) is 0 Å². The van der Waals surface area contributed by atoms with Crippen molar-refractivity contribution < 1.29 is 8.42 Å².